The van der Waals surface area contributed by atoms with Gasteiger partial charge in [-0.15, -0.1) is 13.2 Å². The summed E-state index contributed by atoms with van der Waals surface area (Å²) in [6, 6.07) is 15.6. The van der Waals surface area contributed by atoms with Crippen LogP contribution in [-0.4, -0.2) is 139 Å². The maximum Gasteiger partial charge on any atom is 0.410 e. The largest absolute Gasteiger partial charge is 0.492 e. The van der Waals surface area contributed by atoms with E-state index in [-0.39, 0.29) is 71.1 Å². The zero-order chi connectivity index (χ0) is 56.3. The minimum atomic E-state index is -3.59. The summed E-state index contributed by atoms with van der Waals surface area (Å²) < 4.78 is 110. The number of hydrogen-bond acceptors (Lipinski definition) is 17. The van der Waals surface area contributed by atoms with Crippen molar-refractivity contribution in [3.8, 4) is 17.2 Å². The van der Waals surface area contributed by atoms with Gasteiger partial charge in [0, 0.05) is 39.0 Å². The molecule has 3 fully saturated rings. The molecule has 25 heteroatoms. The van der Waals surface area contributed by atoms with Crippen molar-refractivity contribution >= 4 is 59.6 Å². The molecular weight excluding hydrogens is 1050 g/mol. The lowest BCUT2D eigenvalue weighted by molar-refractivity contribution is -0.130. The highest BCUT2D eigenvalue weighted by Crippen LogP contribution is 2.33. The highest BCUT2D eigenvalue weighted by molar-refractivity contribution is 7.90. The quantitative estimate of drug-likeness (QED) is 0.216. The summed E-state index contributed by atoms with van der Waals surface area (Å²) in [5.74, 6) is 1.96. The van der Waals surface area contributed by atoms with Gasteiger partial charge in [-0.1, -0.05) is 36.4 Å². The maximum atomic E-state index is 12.4. The second kappa shape index (κ2) is 23.2. The maximum absolute atomic E-state index is 12.4. The molecule has 3 saturated heterocycles. The first-order valence-corrected chi connectivity index (χ1v) is 30.2. The van der Waals surface area contributed by atoms with Crippen molar-refractivity contribution in [2.24, 2.45) is 36.3 Å². The Bertz CT molecular complexity index is 3190. The summed E-state index contributed by atoms with van der Waals surface area (Å²) >= 11 is 0. The standard InChI is InChI=1S/C19H27N3O4S.C18H25N3O5S.C15H19N3O4S/c1-13(26-19(2,3)4)22-9-8-14(10-22)11-25-16-7-5-6-15-12-27(23,24)21-18(20)17(15)16;1-18(2,3)26-17(22)21-9-5-7-13(21)10-25-14-8-4-6-12-11-27(23,24)20-16(19)15(12)14;1-10(19)18-7-3-5-12(18)8-22-13-6-2-4-11-9-23(20,21)17-15(16)14(11)13/h5-7,14H,1,8-12H2,2-4H3,(H2,20,21);4,6,8,13H,5,7,9-11H2,1-3H3,(H2,19,20);2,4,6,12H,3,5,7-9H2,1H3,(H2,16,17)/t;13-;12-/m.11/s1. The van der Waals surface area contributed by atoms with Gasteiger partial charge < -0.3 is 55.6 Å². The van der Waals surface area contributed by atoms with Crippen LogP contribution < -0.4 is 31.4 Å². The molecule has 0 spiro atoms. The van der Waals surface area contributed by atoms with E-state index >= 15 is 0 Å². The van der Waals surface area contributed by atoms with Crippen molar-refractivity contribution in [2.75, 3.05) is 46.0 Å². The molecule has 22 nitrogen and oxygen atoms in total. The molecule has 0 saturated carbocycles. The molecule has 6 N–H and O–H groups in total. The number of nitrogens with zero attached hydrogens (tertiary/aromatic N) is 6. The lowest BCUT2D eigenvalue weighted by atomic mass is 10.1. The molecule has 0 aliphatic carbocycles. The third-order valence-electron chi connectivity index (χ3n) is 13.0. The number of carbonyl (C=O) groups is 2. The molecular formula is C52H71N9O13S3. The zero-order valence-electron chi connectivity index (χ0n) is 44.7. The molecule has 9 rings (SSSR count). The molecule has 6 aliphatic heterocycles. The number of benzene rings is 3. The number of nitrogens with two attached hydrogens (primary N) is 3. The number of sulfonamides is 3. The van der Waals surface area contributed by atoms with E-state index in [2.05, 4.69) is 24.7 Å². The van der Waals surface area contributed by atoms with E-state index in [0.29, 0.717) is 82.2 Å². The molecule has 3 aromatic carbocycles. The van der Waals surface area contributed by atoms with E-state index < -0.39 is 35.7 Å². The molecule has 1 unspecified atom stereocenters. The van der Waals surface area contributed by atoms with Crippen molar-refractivity contribution in [1.82, 2.24) is 14.7 Å². The number of carbonyl (C=O) groups excluding carboxylic acids is 2. The summed E-state index contributed by atoms with van der Waals surface area (Å²) in [7, 11) is -10.7. The van der Waals surface area contributed by atoms with E-state index in [9.17, 15) is 34.8 Å². The Morgan fingerprint density at radius 3 is 1.38 bits per heavy atom. The monoisotopic (exact) mass is 1130 g/mol. The third-order valence-corrected chi connectivity index (χ3v) is 16.5. The number of ether oxygens (including phenoxy) is 5. The second-order valence-electron chi connectivity index (χ2n) is 21.6. The molecule has 0 radical (unpaired) electrons. The fraction of sp³-hybridized carbons (Fsp3) is 0.519. The van der Waals surface area contributed by atoms with Gasteiger partial charge in [0.05, 0.1) is 52.6 Å². The predicted molar refractivity (Wildman–Crippen MR) is 292 cm³/mol. The van der Waals surface area contributed by atoms with Crippen LogP contribution in [0.25, 0.3) is 0 Å². The van der Waals surface area contributed by atoms with Gasteiger partial charge in [-0.05, 0) is 115 Å². The summed E-state index contributed by atoms with van der Waals surface area (Å²) in [4.78, 5) is 29.6. The Labute approximate surface area is 451 Å². The Balaban J connectivity index is 0.000000168. The molecule has 3 atom stereocenters. The van der Waals surface area contributed by atoms with Crippen molar-refractivity contribution in [3.63, 3.8) is 0 Å². The van der Waals surface area contributed by atoms with E-state index in [4.69, 9.17) is 40.9 Å². The summed E-state index contributed by atoms with van der Waals surface area (Å²) in [5.41, 5.74) is 20.1. The summed E-state index contributed by atoms with van der Waals surface area (Å²) in [6.45, 7) is 21.3. The van der Waals surface area contributed by atoms with Crippen molar-refractivity contribution in [1.29, 1.82) is 0 Å². The van der Waals surface area contributed by atoms with Gasteiger partial charge in [-0.3, -0.25) is 4.79 Å². The minimum absolute atomic E-state index is 0.00754. The Morgan fingerprint density at radius 1 is 0.584 bits per heavy atom. The Hall–Kier alpha value is -6.60. The number of rotatable bonds is 11. The molecule has 77 heavy (non-hydrogen) atoms. The number of amides is 2. The fourth-order valence-electron chi connectivity index (χ4n) is 9.78. The average molecular weight is 1130 g/mol. The number of fused-ring (bicyclic) bond motifs is 3. The van der Waals surface area contributed by atoms with Crippen LogP contribution in [-0.2, 0) is 61.6 Å². The SMILES string of the molecule is C=C(OC(C)(C)C)N1CCC(COc2cccc3c2C(N)=NS(=O)(=O)C3)C1.CC(=O)N1CCC[C@@H]1COc1cccc2c1C(N)=NS(=O)(=O)C2.CC(C)(C)OC(=O)N1CCC[C@@H]1COc1cccc2c1C(N)=NS(=O)(=O)C2. The van der Waals surface area contributed by atoms with Crippen LogP contribution in [0.15, 0.2) is 80.3 Å². The van der Waals surface area contributed by atoms with E-state index in [1.54, 1.807) is 71.3 Å². The van der Waals surface area contributed by atoms with Crippen molar-refractivity contribution < 1.29 is 58.5 Å². The number of amidine groups is 3. The van der Waals surface area contributed by atoms with Crippen LogP contribution in [0.5, 0.6) is 17.2 Å². The normalized spacial score (nSPS) is 21.7. The van der Waals surface area contributed by atoms with Crippen molar-refractivity contribution in [2.45, 2.75) is 121 Å². The third kappa shape index (κ3) is 15.3. The van der Waals surface area contributed by atoms with Gasteiger partial charge in [-0.2, -0.15) is 0 Å². The molecule has 2 amide bonds. The second-order valence-corrected chi connectivity index (χ2v) is 26.5. The summed E-state index contributed by atoms with van der Waals surface area (Å²) in [5, 5.41) is 0. The first kappa shape index (κ1) is 58.1. The Morgan fingerprint density at radius 2 is 0.974 bits per heavy atom. The van der Waals surface area contributed by atoms with Gasteiger partial charge in [0.1, 0.15) is 59.2 Å². The van der Waals surface area contributed by atoms with Gasteiger partial charge in [0.2, 0.25) is 5.91 Å². The fourth-order valence-corrected chi connectivity index (χ4v) is 13.0. The lowest BCUT2D eigenvalue weighted by Gasteiger charge is -2.29. The average Bonchev–Trinajstić information content (AvgIpc) is 4.11. The van der Waals surface area contributed by atoms with Gasteiger partial charge in [-0.25, -0.2) is 30.0 Å². The zero-order valence-corrected chi connectivity index (χ0v) is 47.1. The Kier molecular flexibility index (Phi) is 17.5. The highest BCUT2D eigenvalue weighted by Gasteiger charge is 2.35. The van der Waals surface area contributed by atoms with E-state index in [1.807, 2.05) is 41.5 Å². The van der Waals surface area contributed by atoms with Crippen LogP contribution >= 0.6 is 0 Å². The van der Waals surface area contributed by atoms with Crippen LogP contribution in [0.4, 0.5) is 4.79 Å². The molecule has 6 aliphatic rings. The van der Waals surface area contributed by atoms with Gasteiger partial charge in [0.25, 0.3) is 30.1 Å². The molecule has 0 aromatic heterocycles. The van der Waals surface area contributed by atoms with Gasteiger partial charge >= 0.3 is 6.09 Å². The minimum Gasteiger partial charge on any atom is -0.492 e. The van der Waals surface area contributed by atoms with Crippen LogP contribution in [0.1, 0.15) is 114 Å². The van der Waals surface area contributed by atoms with Crippen LogP contribution in [0, 0.1) is 5.92 Å². The lowest BCUT2D eigenvalue weighted by Crippen LogP contribution is -2.42. The number of likely N-dealkylation sites (tertiary alicyclic amines) is 3. The topological polar surface area (TPSA) is 308 Å². The van der Waals surface area contributed by atoms with E-state index in [1.165, 1.54) is 0 Å². The first-order valence-electron chi connectivity index (χ1n) is 25.4. The van der Waals surface area contributed by atoms with Gasteiger partial charge in [0.15, 0.2) is 5.88 Å². The molecule has 3 aromatic rings. The highest BCUT2D eigenvalue weighted by atomic mass is 32.2. The molecule has 0 bridgehead atoms. The smallest absolute Gasteiger partial charge is 0.410 e. The first-order chi connectivity index (χ1) is 36.0. The molecule has 420 valence electrons. The summed E-state index contributed by atoms with van der Waals surface area (Å²) in [6.07, 6.45) is 4.17. The van der Waals surface area contributed by atoms with Crippen LogP contribution in [0.2, 0.25) is 0 Å². The van der Waals surface area contributed by atoms with Crippen LogP contribution in [0.3, 0.4) is 0 Å². The number of hydrogen-bond donors (Lipinski definition) is 3. The van der Waals surface area contributed by atoms with E-state index in [0.717, 1.165) is 51.7 Å². The molecule has 6 heterocycles. The van der Waals surface area contributed by atoms with Crippen molar-refractivity contribution in [3.05, 3.63) is 100 Å². The predicted octanol–water partition coefficient (Wildman–Crippen LogP) is 4.86.